The Balaban J connectivity index is 2.14. The molecule has 0 aromatic heterocycles. The van der Waals surface area contributed by atoms with Gasteiger partial charge in [-0.2, -0.15) is 13.2 Å². The lowest BCUT2D eigenvalue weighted by molar-refractivity contribution is -0.123. The SMILES string of the molecule is O=C(NCC(F)(F)F)c1ccc(S(=O)(=O)Nc2ccc(Br)cc2F)cc1. The van der Waals surface area contributed by atoms with Crippen LogP contribution >= 0.6 is 15.9 Å². The Kier molecular flexibility index (Phi) is 5.91. The first-order chi connectivity index (χ1) is 12.0. The molecule has 2 aromatic carbocycles. The van der Waals surface area contributed by atoms with Crippen LogP contribution in [-0.4, -0.2) is 27.0 Å². The Morgan fingerprint density at radius 3 is 2.23 bits per heavy atom. The van der Waals surface area contributed by atoms with E-state index in [4.69, 9.17) is 0 Å². The Morgan fingerprint density at radius 1 is 1.08 bits per heavy atom. The third-order valence-corrected chi connectivity index (χ3v) is 4.93. The minimum absolute atomic E-state index is 0.150. The molecule has 0 bridgehead atoms. The molecular formula is C15H11BrF4N2O3S. The topological polar surface area (TPSA) is 75.3 Å². The van der Waals surface area contributed by atoms with Crippen LogP contribution < -0.4 is 10.0 Å². The summed E-state index contributed by atoms with van der Waals surface area (Å²) in [6, 6.07) is 7.90. The number of carbonyl (C=O) groups excluding carboxylic acids is 1. The van der Waals surface area contributed by atoms with E-state index < -0.39 is 34.5 Å². The minimum atomic E-state index is -4.56. The van der Waals surface area contributed by atoms with E-state index in [0.29, 0.717) is 4.47 Å². The van der Waals surface area contributed by atoms with Gasteiger partial charge >= 0.3 is 6.18 Å². The lowest BCUT2D eigenvalue weighted by Gasteiger charge is -2.11. The molecule has 5 nitrogen and oxygen atoms in total. The number of halogens is 5. The Hall–Kier alpha value is -2.14. The van der Waals surface area contributed by atoms with Crippen LogP contribution in [-0.2, 0) is 10.0 Å². The second kappa shape index (κ2) is 7.62. The lowest BCUT2D eigenvalue weighted by Crippen LogP contribution is -2.33. The van der Waals surface area contributed by atoms with Crippen LogP contribution in [0.15, 0.2) is 51.8 Å². The summed E-state index contributed by atoms with van der Waals surface area (Å²) >= 11 is 3.04. The second-order valence-electron chi connectivity index (χ2n) is 5.05. The average molecular weight is 455 g/mol. The highest BCUT2D eigenvalue weighted by atomic mass is 79.9. The molecule has 2 aromatic rings. The number of hydrogen-bond donors (Lipinski definition) is 2. The highest BCUT2D eigenvalue weighted by Gasteiger charge is 2.28. The molecule has 1 amide bonds. The molecule has 0 aliphatic carbocycles. The Labute approximate surface area is 154 Å². The number of amides is 1. The van der Waals surface area contributed by atoms with Crippen LogP contribution in [0.2, 0.25) is 0 Å². The van der Waals surface area contributed by atoms with Crippen molar-refractivity contribution in [3.05, 3.63) is 58.3 Å². The van der Waals surface area contributed by atoms with Crippen molar-refractivity contribution < 1.29 is 30.8 Å². The van der Waals surface area contributed by atoms with Crippen molar-refractivity contribution in [1.82, 2.24) is 5.32 Å². The first-order valence-corrected chi connectivity index (χ1v) is 9.18. The van der Waals surface area contributed by atoms with Gasteiger partial charge in [0.2, 0.25) is 0 Å². The highest BCUT2D eigenvalue weighted by molar-refractivity contribution is 9.10. The summed E-state index contributed by atoms with van der Waals surface area (Å²) in [4.78, 5) is 11.3. The minimum Gasteiger partial charge on any atom is -0.343 e. The number of alkyl halides is 3. The predicted octanol–water partition coefficient (Wildman–Crippen LogP) is 3.68. The summed E-state index contributed by atoms with van der Waals surface area (Å²) in [6.45, 7) is -1.50. The van der Waals surface area contributed by atoms with Gasteiger partial charge < -0.3 is 5.32 Å². The third-order valence-electron chi connectivity index (χ3n) is 3.05. The molecule has 0 heterocycles. The zero-order chi connectivity index (χ0) is 19.5. The van der Waals surface area contributed by atoms with Gasteiger partial charge in [-0.3, -0.25) is 9.52 Å². The van der Waals surface area contributed by atoms with E-state index in [9.17, 15) is 30.8 Å². The summed E-state index contributed by atoms with van der Waals surface area (Å²) in [5.74, 6) is -1.80. The number of carbonyl (C=O) groups is 1. The largest absolute Gasteiger partial charge is 0.405 e. The Bertz CT molecular complexity index is 915. The van der Waals surface area contributed by atoms with E-state index in [-0.39, 0.29) is 16.1 Å². The van der Waals surface area contributed by atoms with Crippen LogP contribution in [0.4, 0.5) is 23.2 Å². The second-order valence-corrected chi connectivity index (χ2v) is 7.65. The van der Waals surface area contributed by atoms with Crippen molar-refractivity contribution in [2.45, 2.75) is 11.1 Å². The summed E-state index contributed by atoms with van der Waals surface area (Å²) in [5, 5.41) is 1.67. The third kappa shape index (κ3) is 5.43. The van der Waals surface area contributed by atoms with Gasteiger partial charge in [-0.15, -0.1) is 0 Å². The van der Waals surface area contributed by atoms with Gasteiger partial charge in [0.15, 0.2) is 0 Å². The number of sulfonamides is 1. The van der Waals surface area contributed by atoms with Gasteiger partial charge in [-0.1, -0.05) is 15.9 Å². The fraction of sp³-hybridized carbons (Fsp3) is 0.133. The quantitative estimate of drug-likeness (QED) is 0.676. The lowest BCUT2D eigenvalue weighted by atomic mass is 10.2. The predicted molar refractivity (Wildman–Crippen MR) is 89.7 cm³/mol. The molecule has 2 rings (SSSR count). The van der Waals surface area contributed by atoms with Gasteiger partial charge in [0.05, 0.1) is 10.6 Å². The van der Waals surface area contributed by atoms with Crippen molar-refractivity contribution in [1.29, 1.82) is 0 Å². The van der Waals surface area contributed by atoms with E-state index in [2.05, 4.69) is 20.7 Å². The first kappa shape index (κ1) is 20.2. The van der Waals surface area contributed by atoms with Gasteiger partial charge in [0.1, 0.15) is 12.4 Å². The number of rotatable bonds is 5. The van der Waals surface area contributed by atoms with E-state index in [0.717, 1.165) is 30.3 Å². The van der Waals surface area contributed by atoms with Crippen LogP contribution in [0.25, 0.3) is 0 Å². The molecule has 0 saturated carbocycles. The van der Waals surface area contributed by atoms with Gasteiger partial charge in [0.25, 0.3) is 15.9 Å². The van der Waals surface area contributed by atoms with Crippen molar-refractivity contribution >= 4 is 37.5 Å². The molecule has 0 spiro atoms. The summed E-state index contributed by atoms with van der Waals surface area (Å²) < 4.78 is 76.9. The fourth-order valence-corrected chi connectivity index (χ4v) is 3.24. The maximum atomic E-state index is 13.7. The van der Waals surface area contributed by atoms with Crippen LogP contribution in [0.5, 0.6) is 0 Å². The maximum Gasteiger partial charge on any atom is 0.405 e. The highest BCUT2D eigenvalue weighted by Crippen LogP contribution is 2.22. The monoisotopic (exact) mass is 454 g/mol. The molecular weight excluding hydrogens is 444 g/mol. The van der Waals surface area contributed by atoms with Crippen molar-refractivity contribution in [2.75, 3.05) is 11.3 Å². The maximum absolute atomic E-state index is 13.7. The average Bonchev–Trinajstić information content (AvgIpc) is 2.54. The fourth-order valence-electron chi connectivity index (χ4n) is 1.84. The molecule has 11 heteroatoms. The molecule has 26 heavy (non-hydrogen) atoms. The summed E-state index contributed by atoms with van der Waals surface area (Å²) in [5.41, 5.74) is -0.428. The summed E-state index contributed by atoms with van der Waals surface area (Å²) in [6.07, 6.45) is -4.56. The van der Waals surface area contributed by atoms with E-state index in [1.54, 1.807) is 5.32 Å². The molecule has 2 N–H and O–H groups in total. The molecule has 0 radical (unpaired) electrons. The van der Waals surface area contributed by atoms with Crippen molar-refractivity contribution in [3.8, 4) is 0 Å². The zero-order valence-corrected chi connectivity index (χ0v) is 15.2. The molecule has 0 atom stereocenters. The zero-order valence-electron chi connectivity index (χ0n) is 12.8. The van der Waals surface area contributed by atoms with Crippen LogP contribution in [0.1, 0.15) is 10.4 Å². The van der Waals surface area contributed by atoms with E-state index >= 15 is 0 Å². The molecule has 0 aliphatic heterocycles. The van der Waals surface area contributed by atoms with Gasteiger partial charge in [-0.05, 0) is 42.5 Å². The smallest absolute Gasteiger partial charge is 0.343 e. The van der Waals surface area contributed by atoms with Crippen molar-refractivity contribution in [2.24, 2.45) is 0 Å². The van der Waals surface area contributed by atoms with Crippen LogP contribution in [0.3, 0.4) is 0 Å². The first-order valence-electron chi connectivity index (χ1n) is 6.91. The van der Waals surface area contributed by atoms with Crippen LogP contribution in [0, 0.1) is 5.82 Å². The number of anilines is 1. The van der Waals surface area contributed by atoms with E-state index in [1.165, 1.54) is 12.1 Å². The van der Waals surface area contributed by atoms with E-state index in [1.807, 2.05) is 0 Å². The number of benzene rings is 2. The number of nitrogens with one attached hydrogen (secondary N) is 2. The Morgan fingerprint density at radius 2 is 1.69 bits per heavy atom. The van der Waals surface area contributed by atoms with Crippen molar-refractivity contribution in [3.63, 3.8) is 0 Å². The molecule has 0 fully saturated rings. The normalized spacial score (nSPS) is 11.9. The molecule has 0 unspecified atom stereocenters. The molecule has 0 saturated heterocycles. The van der Waals surface area contributed by atoms with Gasteiger partial charge in [0, 0.05) is 10.0 Å². The standard InChI is InChI=1S/C15H11BrF4N2O3S/c16-10-3-6-13(12(17)7-10)22-26(24,25)11-4-1-9(2-5-11)14(23)21-8-15(18,19)20/h1-7,22H,8H2,(H,21,23). The number of hydrogen-bond acceptors (Lipinski definition) is 3. The molecule has 140 valence electrons. The summed E-state index contributed by atoms with van der Waals surface area (Å²) in [7, 11) is -4.14. The van der Waals surface area contributed by atoms with Gasteiger partial charge in [-0.25, -0.2) is 12.8 Å². The molecule has 0 aliphatic rings.